The molecule has 0 aliphatic carbocycles. The standard InChI is InChI=1S/C20H21NO2/c1-20(2,3)14-8-9-19(23-4)17(11-14)16-12-15-7-5-6-10-21(15)18(16)13-22/h5-13H,1-4H3. The number of aldehydes is 1. The topological polar surface area (TPSA) is 30.7 Å². The highest BCUT2D eigenvalue weighted by Crippen LogP contribution is 2.37. The third-order valence-corrected chi connectivity index (χ3v) is 4.19. The second-order valence-corrected chi connectivity index (χ2v) is 6.72. The van der Waals surface area contributed by atoms with Crippen LogP contribution in [0.3, 0.4) is 0 Å². The van der Waals surface area contributed by atoms with E-state index in [1.54, 1.807) is 7.11 Å². The molecule has 23 heavy (non-hydrogen) atoms. The Morgan fingerprint density at radius 3 is 2.48 bits per heavy atom. The SMILES string of the molecule is COc1ccc(C(C)(C)C)cc1-c1cc2ccccn2c1C=O. The van der Waals surface area contributed by atoms with Crippen molar-refractivity contribution in [2.24, 2.45) is 0 Å². The van der Waals surface area contributed by atoms with Crippen LogP contribution in [-0.4, -0.2) is 17.8 Å². The van der Waals surface area contributed by atoms with Gasteiger partial charge in [0.2, 0.25) is 0 Å². The van der Waals surface area contributed by atoms with E-state index in [9.17, 15) is 4.79 Å². The number of hydrogen-bond acceptors (Lipinski definition) is 2. The van der Waals surface area contributed by atoms with Crippen molar-refractivity contribution in [1.82, 2.24) is 4.40 Å². The lowest BCUT2D eigenvalue weighted by molar-refractivity contribution is 0.111. The van der Waals surface area contributed by atoms with Crippen molar-refractivity contribution in [2.75, 3.05) is 7.11 Å². The Bertz CT molecular complexity index is 869. The number of pyridine rings is 1. The van der Waals surface area contributed by atoms with E-state index in [2.05, 4.69) is 32.9 Å². The summed E-state index contributed by atoms with van der Waals surface area (Å²) in [4.78, 5) is 11.7. The Morgan fingerprint density at radius 1 is 1.04 bits per heavy atom. The van der Waals surface area contributed by atoms with Gasteiger partial charge in [-0.15, -0.1) is 0 Å². The molecular weight excluding hydrogens is 286 g/mol. The van der Waals surface area contributed by atoms with Gasteiger partial charge in [-0.2, -0.15) is 0 Å². The molecule has 3 nitrogen and oxygen atoms in total. The van der Waals surface area contributed by atoms with E-state index in [4.69, 9.17) is 4.74 Å². The molecule has 2 aromatic heterocycles. The summed E-state index contributed by atoms with van der Waals surface area (Å²) >= 11 is 0. The largest absolute Gasteiger partial charge is 0.496 e. The van der Waals surface area contributed by atoms with E-state index in [0.29, 0.717) is 5.69 Å². The van der Waals surface area contributed by atoms with Gasteiger partial charge >= 0.3 is 0 Å². The molecule has 0 unspecified atom stereocenters. The van der Waals surface area contributed by atoms with Crippen molar-refractivity contribution in [3.05, 3.63) is 59.9 Å². The van der Waals surface area contributed by atoms with Gasteiger partial charge in [-0.25, -0.2) is 0 Å². The number of carbonyl (C=O) groups is 1. The smallest absolute Gasteiger partial charge is 0.167 e. The predicted molar refractivity (Wildman–Crippen MR) is 93.5 cm³/mol. The fraction of sp³-hybridized carbons (Fsp3) is 0.250. The molecule has 2 heterocycles. The number of nitrogens with zero attached hydrogens (tertiary/aromatic N) is 1. The molecule has 0 radical (unpaired) electrons. The van der Waals surface area contributed by atoms with Gasteiger partial charge < -0.3 is 9.14 Å². The monoisotopic (exact) mass is 307 g/mol. The molecule has 118 valence electrons. The highest BCUT2D eigenvalue weighted by Gasteiger charge is 2.19. The van der Waals surface area contributed by atoms with Gasteiger partial charge in [0.1, 0.15) is 5.75 Å². The van der Waals surface area contributed by atoms with Crippen LogP contribution in [0.2, 0.25) is 0 Å². The quantitative estimate of drug-likeness (QED) is 0.655. The number of fused-ring (bicyclic) bond motifs is 1. The summed E-state index contributed by atoms with van der Waals surface area (Å²) in [5, 5.41) is 0. The molecule has 3 heteroatoms. The van der Waals surface area contributed by atoms with Crippen molar-refractivity contribution in [3.8, 4) is 16.9 Å². The van der Waals surface area contributed by atoms with Crippen molar-refractivity contribution >= 4 is 11.8 Å². The zero-order valence-electron chi connectivity index (χ0n) is 14.0. The highest BCUT2D eigenvalue weighted by molar-refractivity contribution is 5.91. The van der Waals surface area contributed by atoms with Crippen LogP contribution in [0.1, 0.15) is 36.8 Å². The number of aromatic nitrogens is 1. The number of methoxy groups -OCH3 is 1. The molecule has 0 saturated heterocycles. The second kappa shape index (κ2) is 5.58. The first-order chi connectivity index (χ1) is 11.0. The average molecular weight is 307 g/mol. The fourth-order valence-electron chi connectivity index (χ4n) is 2.87. The summed E-state index contributed by atoms with van der Waals surface area (Å²) in [5.41, 5.74) is 4.72. The third-order valence-electron chi connectivity index (χ3n) is 4.19. The predicted octanol–water partition coefficient (Wildman–Crippen LogP) is 4.72. The van der Waals surface area contributed by atoms with Gasteiger partial charge in [0.05, 0.1) is 12.8 Å². The van der Waals surface area contributed by atoms with Crippen LogP contribution in [0.5, 0.6) is 5.75 Å². The Balaban J connectivity index is 2.31. The summed E-state index contributed by atoms with van der Waals surface area (Å²) in [7, 11) is 1.66. The number of carbonyl (C=O) groups excluding carboxylic acids is 1. The summed E-state index contributed by atoms with van der Waals surface area (Å²) in [5.74, 6) is 0.775. The molecule has 0 fully saturated rings. The molecule has 0 saturated carbocycles. The molecule has 0 amide bonds. The number of ether oxygens (including phenoxy) is 1. The number of benzene rings is 1. The highest BCUT2D eigenvalue weighted by atomic mass is 16.5. The summed E-state index contributed by atoms with van der Waals surface area (Å²) in [6, 6.07) is 14.1. The van der Waals surface area contributed by atoms with E-state index in [1.165, 1.54) is 5.56 Å². The molecular formula is C20H21NO2. The van der Waals surface area contributed by atoms with E-state index < -0.39 is 0 Å². The van der Waals surface area contributed by atoms with Crippen LogP contribution in [0.25, 0.3) is 16.6 Å². The molecule has 3 aromatic rings. The van der Waals surface area contributed by atoms with Crippen molar-refractivity contribution in [3.63, 3.8) is 0 Å². The molecule has 3 rings (SSSR count). The maximum Gasteiger partial charge on any atom is 0.167 e. The molecule has 0 N–H and O–H groups in total. The normalized spacial score (nSPS) is 11.7. The Hall–Kier alpha value is -2.55. The van der Waals surface area contributed by atoms with Gasteiger partial charge in [0.25, 0.3) is 0 Å². The minimum Gasteiger partial charge on any atom is -0.496 e. The lowest BCUT2D eigenvalue weighted by atomic mass is 9.85. The van der Waals surface area contributed by atoms with Crippen molar-refractivity contribution in [1.29, 1.82) is 0 Å². The molecule has 0 aliphatic heterocycles. The molecule has 0 bridgehead atoms. The van der Waals surface area contributed by atoms with Gasteiger partial charge in [-0.1, -0.05) is 32.9 Å². The van der Waals surface area contributed by atoms with E-state index >= 15 is 0 Å². The van der Waals surface area contributed by atoms with Crippen molar-refractivity contribution < 1.29 is 9.53 Å². The number of rotatable bonds is 3. The van der Waals surface area contributed by atoms with E-state index in [-0.39, 0.29) is 5.41 Å². The van der Waals surface area contributed by atoms with Crippen LogP contribution in [-0.2, 0) is 5.41 Å². The first kappa shape index (κ1) is 15.3. The van der Waals surface area contributed by atoms with Crippen LogP contribution in [0.15, 0.2) is 48.7 Å². The first-order valence-corrected chi connectivity index (χ1v) is 7.70. The zero-order valence-corrected chi connectivity index (χ0v) is 14.0. The van der Waals surface area contributed by atoms with Crippen molar-refractivity contribution in [2.45, 2.75) is 26.2 Å². The van der Waals surface area contributed by atoms with Gasteiger partial charge in [-0.3, -0.25) is 4.79 Å². The van der Waals surface area contributed by atoms with Gasteiger partial charge in [0.15, 0.2) is 6.29 Å². The molecule has 1 aromatic carbocycles. The van der Waals surface area contributed by atoms with Crippen LogP contribution in [0, 0.1) is 0 Å². The van der Waals surface area contributed by atoms with Crippen LogP contribution < -0.4 is 4.74 Å². The first-order valence-electron chi connectivity index (χ1n) is 7.70. The Kier molecular flexibility index (Phi) is 3.72. The lowest BCUT2D eigenvalue weighted by Crippen LogP contribution is -2.11. The van der Waals surface area contributed by atoms with E-state index in [1.807, 2.05) is 40.9 Å². The van der Waals surface area contributed by atoms with Crippen LogP contribution in [0.4, 0.5) is 0 Å². The minimum absolute atomic E-state index is 0.0293. The molecule has 0 atom stereocenters. The Labute approximate surface area is 136 Å². The maximum atomic E-state index is 11.7. The molecule has 0 aliphatic rings. The van der Waals surface area contributed by atoms with Gasteiger partial charge in [-0.05, 0) is 41.3 Å². The summed E-state index contributed by atoms with van der Waals surface area (Å²) < 4.78 is 7.45. The minimum atomic E-state index is 0.0293. The third kappa shape index (κ3) is 2.63. The zero-order chi connectivity index (χ0) is 16.6. The molecule has 0 spiro atoms. The maximum absolute atomic E-state index is 11.7. The summed E-state index contributed by atoms with van der Waals surface area (Å²) in [6.45, 7) is 6.53. The lowest BCUT2D eigenvalue weighted by Gasteiger charge is -2.21. The van der Waals surface area contributed by atoms with E-state index in [0.717, 1.165) is 28.7 Å². The fourth-order valence-corrected chi connectivity index (χ4v) is 2.87. The van der Waals surface area contributed by atoms with Crippen LogP contribution >= 0.6 is 0 Å². The van der Waals surface area contributed by atoms with Gasteiger partial charge in [0, 0.05) is 22.8 Å². The summed E-state index contributed by atoms with van der Waals surface area (Å²) in [6.07, 6.45) is 2.81. The average Bonchev–Trinajstić information content (AvgIpc) is 2.91. The second-order valence-electron chi connectivity index (χ2n) is 6.72. The number of hydrogen-bond donors (Lipinski definition) is 0. The Morgan fingerprint density at radius 2 is 1.83 bits per heavy atom.